The maximum Gasteiger partial charge on any atom is 0.0933 e. The van der Waals surface area contributed by atoms with Crippen molar-refractivity contribution in [3.63, 3.8) is 0 Å². The van der Waals surface area contributed by atoms with Crippen molar-refractivity contribution in [2.45, 2.75) is 38.8 Å². The molecule has 2 aliphatic heterocycles. The second-order valence-electron chi connectivity index (χ2n) is 5.54. The van der Waals surface area contributed by atoms with Gasteiger partial charge in [0.15, 0.2) is 0 Å². The lowest BCUT2D eigenvalue weighted by Gasteiger charge is -2.35. The van der Waals surface area contributed by atoms with Crippen LogP contribution in [-0.2, 0) is 9.47 Å². The summed E-state index contributed by atoms with van der Waals surface area (Å²) in [5, 5.41) is 3.63. The molecular weight excluding hydrogens is 228 g/mol. The van der Waals surface area contributed by atoms with Crippen molar-refractivity contribution in [2.24, 2.45) is 5.92 Å². The molecule has 4 heteroatoms. The Morgan fingerprint density at radius 1 is 1.28 bits per heavy atom. The number of nitrogens with zero attached hydrogens (tertiary/aromatic N) is 1. The van der Waals surface area contributed by atoms with Gasteiger partial charge in [0, 0.05) is 12.6 Å². The first kappa shape index (κ1) is 14.3. The first-order valence-electron chi connectivity index (χ1n) is 7.44. The number of piperidine rings is 1. The Hall–Kier alpha value is -0.160. The Kier molecular flexibility index (Phi) is 5.89. The molecule has 0 bridgehead atoms. The van der Waals surface area contributed by atoms with Gasteiger partial charge in [-0.3, -0.25) is 0 Å². The lowest BCUT2D eigenvalue weighted by Crippen LogP contribution is -2.46. The first-order chi connectivity index (χ1) is 8.79. The van der Waals surface area contributed by atoms with E-state index in [1.54, 1.807) is 0 Å². The van der Waals surface area contributed by atoms with Gasteiger partial charge < -0.3 is 19.7 Å². The molecule has 0 aromatic heterocycles. The van der Waals surface area contributed by atoms with Gasteiger partial charge in [-0.15, -0.1) is 0 Å². The predicted molar refractivity (Wildman–Crippen MR) is 72.9 cm³/mol. The molecule has 2 rings (SSSR count). The molecule has 0 saturated carbocycles. The van der Waals surface area contributed by atoms with E-state index in [-0.39, 0.29) is 6.10 Å². The van der Waals surface area contributed by atoms with E-state index < -0.39 is 0 Å². The molecule has 2 unspecified atom stereocenters. The highest BCUT2D eigenvalue weighted by atomic mass is 16.6. The summed E-state index contributed by atoms with van der Waals surface area (Å²) in [5.74, 6) is 0.817. The smallest absolute Gasteiger partial charge is 0.0933 e. The summed E-state index contributed by atoms with van der Waals surface area (Å²) in [5.41, 5.74) is 0. The zero-order valence-corrected chi connectivity index (χ0v) is 11.9. The van der Waals surface area contributed by atoms with Crippen LogP contribution in [0.15, 0.2) is 0 Å². The molecule has 4 nitrogen and oxygen atoms in total. The summed E-state index contributed by atoms with van der Waals surface area (Å²) in [6, 6.07) is 0.592. The second-order valence-corrected chi connectivity index (χ2v) is 5.54. The van der Waals surface area contributed by atoms with Gasteiger partial charge in [0.1, 0.15) is 0 Å². The van der Waals surface area contributed by atoms with Gasteiger partial charge in [0.2, 0.25) is 0 Å². The van der Waals surface area contributed by atoms with E-state index in [1.165, 1.54) is 32.5 Å². The zero-order chi connectivity index (χ0) is 12.8. The van der Waals surface area contributed by atoms with Gasteiger partial charge in [-0.1, -0.05) is 6.92 Å². The highest BCUT2D eigenvalue weighted by Crippen LogP contribution is 2.20. The lowest BCUT2D eigenvalue weighted by atomic mass is 9.90. The molecule has 0 amide bonds. The minimum Gasteiger partial charge on any atom is -0.376 e. The normalized spacial score (nSPS) is 29.3. The van der Waals surface area contributed by atoms with Gasteiger partial charge in [-0.2, -0.15) is 0 Å². The fraction of sp³-hybridized carbons (Fsp3) is 1.00. The molecule has 2 aliphatic rings. The molecule has 2 heterocycles. The third kappa shape index (κ3) is 4.19. The Morgan fingerprint density at radius 2 is 2.06 bits per heavy atom. The first-order valence-corrected chi connectivity index (χ1v) is 7.44. The van der Waals surface area contributed by atoms with Crippen LogP contribution in [0.1, 0.15) is 26.7 Å². The lowest BCUT2D eigenvalue weighted by molar-refractivity contribution is -0.0875. The molecule has 106 valence electrons. The van der Waals surface area contributed by atoms with Gasteiger partial charge >= 0.3 is 0 Å². The minimum atomic E-state index is 0.247. The SMILES string of the molecule is CCN1CCC(C(C)NCC2COCCO2)CC1. The van der Waals surface area contributed by atoms with Crippen LogP contribution in [0.25, 0.3) is 0 Å². The van der Waals surface area contributed by atoms with Gasteiger partial charge in [0.25, 0.3) is 0 Å². The molecule has 0 aliphatic carbocycles. The van der Waals surface area contributed by atoms with Crippen molar-refractivity contribution in [3.8, 4) is 0 Å². The van der Waals surface area contributed by atoms with Crippen molar-refractivity contribution in [1.82, 2.24) is 10.2 Å². The topological polar surface area (TPSA) is 33.7 Å². The third-order valence-corrected chi connectivity index (χ3v) is 4.34. The molecule has 0 radical (unpaired) electrons. The summed E-state index contributed by atoms with van der Waals surface area (Å²) in [6.07, 6.45) is 2.89. The van der Waals surface area contributed by atoms with Crippen LogP contribution in [0.3, 0.4) is 0 Å². The van der Waals surface area contributed by atoms with Crippen LogP contribution in [0.5, 0.6) is 0 Å². The van der Waals surface area contributed by atoms with Crippen LogP contribution in [0.4, 0.5) is 0 Å². The molecule has 0 spiro atoms. The van der Waals surface area contributed by atoms with Gasteiger partial charge in [-0.05, 0) is 45.3 Å². The van der Waals surface area contributed by atoms with Crippen molar-refractivity contribution in [3.05, 3.63) is 0 Å². The highest BCUT2D eigenvalue weighted by molar-refractivity contribution is 4.80. The quantitative estimate of drug-likeness (QED) is 0.799. The molecule has 2 fully saturated rings. The average Bonchev–Trinajstić information content (AvgIpc) is 2.46. The standard InChI is InChI=1S/C14H28N2O2/c1-3-16-6-4-13(5-7-16)12(2)15-10-14-11-17-8-9-18-14/h12-15H,3-11H2,1-2H3. The number of rotatable bonds is 5. The summed E-state index contributed by atoms with van der Waals surface area (Å²) < 4.78 is 11.1. The number of hydrogen-bond acceptors (Lipinski definition) is 4. The summed E-state index contributed by atoms with van der Waals surface area (Å²) in [6.45, 7) is 11.5. The number of hydrogen-bond donors (Lipinski definition) is 1. The van der Waals surface area contributed by atoms with Crippen LogP contribution in [0.2, 0.25) is 0 Å². The molecule has 2 atom stereocenters. The summed E-state index contributed by atoms with van der Waals surface area (Å²) in [4.78, 5) is 2.54. The molecule has 1 N–H and O–H groups in total. The Morgan fingerprint density at radius 3 is 2.67 bits per heavy atom. The van der Waals surface area contributed by atoms with E-state index in [1.807, 2.05) is 0 Å². The largest absolute Gasteiger partial charge is 0.376 e. The third-order valence-electron chi connectivity index (χ3n) is 4.34. The zero-order valence-electron chi connectivity index (χ0n) is 11.9. The summed E-state index contributed by atoms with van der Waals surface area (Å²) in [7, 11) is 0. The fourth-order valence-electron chi connectivity index (χ4n) is 2.91. The second kappa shape index (κ2) is 7.43. The van der Waals surface area contributed by atoms with Gasteiger partial charge in [-0.25, -0.2) is 0 Å². The Balaban J connectivity index is 1.63. The van der Waals surface area contributed by atoms with Crippen LogP contribution < -0.4 is 5.32 Å². The van der Waals surface area contributed by atoms with Crippen LogP contribution in [-0.4, -0.2) is 63.0 Å². The molecule has 2 saturated heterocycles. The van der Waals surface area contributed by atoms with E-state index in [2.05, 4.69) is 24.1 Å². The maximum atomic E-state index is 5.65. The van der Waals surface area contributed by atoms with E-state index in [0.717, 1.165) is 32.3 Å². The maximum absolute atomic E-state index is 5.65. The minimum absolute atomic E-state index is 0.247. The monoisotopic (exact) mass is 256 g/mol. The van der Waals surface area contributed by atoms with E-state index >= 15 is 0 Å². The molecule has 18 heavy (non-hydrogen) atoms. The molecular formula is C14H28N2O2. The van der Waals surface area contributed by atoms with E-state index in [0.29, 0.717) is 6.04 Å². The predicted octanol–water partition coefficient (Wildman–Crippen LogP) is 1.11. The van der Waals surface area contributed by atoms with Crippen molar-refractivity contribution >= 4 is 0 Å². The van der Waals surface area contributed by atoms with Crippen LogP contribution in [0, 0.1) is 5.92 Å². The van der Waals surface area contributed by atoms with Gasteiger partial charge in [0.05, 0.1) is 25.9 Å². The van der Waals surface area contributed by atoms with E-state index in [4.69, 9.17) is 9.47 Å². The molecule has 0 aromatic rings. The van der Waals surface area contributed by atoms with E-state index in [9.17, 15) is 0 Å². The highest BCUT2D eigenvalue weighted by Gasteiger charge is 2.24. The number of likely N-dealkylation sites (tertiary alicyclic amines) is 1. The van der Waals surface area contributed by atoms with Crippen molar-refractivity contribution < 1.29 is 9.47 Å². The summed E-state index contributed by atoms with van der Waals surface area (Å²) >= 11 is 0. The number of ether oxygens (including phenoxy) is 2. The van der Waals surface area contributed by atoms with Crippen LogP contribution >= 0.6 is 0 Å². The fourth-order valence-corrected chi connectivity index (χ4v) is 2.91. The average molecular weight is 256 g/mol. The Labute approximate surface area is 111 Å². The number of nitrogens with one attached hydrogen (secondary N) is 1. The van der Waals surface area contributed by atoms with Crippen molar-refractivity contribution in [2.75, 3.05) is 46.0 Å². The molecule has 0 aromatic carbocycles. The Bertz CT molecular complexity index is 224. The van der Waals surface area contributed by atoms with Crippen molar-refractivity contribution in [1.29, 1.82) is 0 Å².